The predicted molar refractivity (Wildman–Crippen MR) is 71.2 cm³/mol. The zero-order valence-corrected chi connectivity index (χ0v) is 11.7. The summed E-state index contributed by atoms with van der Waals surface area (Å²) in [7, 11) is 0. The summed E-state index contributed by atoms with van der Waals surface area (Å²) in [4.78, 5) is 10.2. The lowest BCUT2D eigenvalue weighted by atomic mass is 10.1. The number of nitrogens with zero attached hydrogens (tertiary/aromatic N) is 1. The van der Waals surface area contributed by atoms with Crippen LogP contribution in [0.2, 0.25) is 0 Å². The predicted octanol–water partition coefficient (Wildman–Crippen LogP) is 3.13. The number of hydrogen-bond donors (Lipinski definition) is 1. The topological polar surface area (TPSA) is 64.4 Å². The van der Waals surface area contributed by atoms with Crippen molar-refractivity contribution in [3.05, 3.63) is 33.9 Å². The number of halogens is 2. The lowest BCUT2D eigenvalue weighted by Crippen LogP contribution is -2.35. The van der Waals surface area contributed by atoms with Gasteiger partial charge >= 0.3 is 5.69 Å². The van der Waals surface area contributed by atoms with Crippen LogP contribution in [0.25, 0.3) is 0 Å². The van der Waals surface area contributed by atoms with E-state index in [2.05, 4.69) is 5.32 Å². The lowest BCUT2D eigenvalue weighted by Gasteiger charge is -2.20. The molecule has 20 heavy (non-hydrogen) atoms. The average molecular weight is 288 g/mol. The highest BCUT2D eigenvalue weighted by atomic mass is 19.3. The molecule has 0 amide bonds. The highest BCUT2D eigenvalue weighted by Crippen LogP contribution is 2.28. The minimum Gasteiger partial charge on any atom is -0.481 e. The van der Waals surface area contributed by atoms with E-state index in [1.165, 1.54) is 12.1 Å². The minimum absolute atomic E-state index is 0.119. The van der Waals surface area contributed by atoms with Gasteiger partial charge in [0, 0.05) is 18.2 Å². The van der Waals surface area contributed by atoms with Gasteiger partial charge in [-0.25, -0.2) is 8.78 Å². The van der Waals surface area contributed by atoms with Crippen LogP contribution in [-0.4, -0.2) is 23.5 Å². The van der Waals surface area contributed by atoms with E-state index < -0.39 is 18.0 Å². The number of nitrogens with one attached hydrogen (secondary N) is 1. The summed E-state index contributed by atoms with van der Waals surface area (Å²) in [5, 5.41) is 14.0. The quantitative estimate of drug-likeness (QED) is 0.645. The zero-order chi connectivity index (χ0) is 15.3. The largest absolute Gasteiger partial charge is 0.481 e. The second-order valence-electron chi connectivity index (χ2n) is 5.36. The summed E-state index contributed by atoms with van der Waals surface area (Å²) in [5.74, 6) is -0.136. The second-order valence-corrected chi connectivity index (χ2v) is 5.36. The molecule has 0 aliphatic heterocycles. The minimum atomic E-state index is -2.68. The molecular formula is C13H18F2N2O3. The first-order chi connectivity index (χ1) is 9.19. The van der Waals surface area contributed by atoms with Crippen LogP contribution >= 0.6 is 0 Å². The van der Waals surface area contributed by atoms with E-state index >= 15 is 0 Å². The third kappa shape index (κ3) is 5.48. The van der Waals surface area contributed by atoms with E-state index in [0.717, 1.165) is 5.56 Å². The van der Waals surface area contributed by atoms with Gasteiger partial charge in [-0.2, -0.15) is 0 Å². The van der Waals surface area contributed by atoms with Crippen molar-refractivity contribution >= 4 is 5.69 Å². The summed E-state index contributed by atoms with van der Waals surface area (Å²) < 4.78 is 29.1. The normalized spacial score (nSPS) is 11.7. The number of alkyl halides is 2. The Labute approximate surface area is 116 Å². The fraction of sp³-hybridized carbons (Fsp3) is 0.538. The lowest BCUT2D eigenvalue weighted by molar-refractivity contribution is -0.386. The van der Waals surface area contributed by atoms with Crippen molar-refractivity contribution < 1.29 is 18.4 Å². The summed E-state index contributed by atoms with van der Waals surface area (Å²) in [6.45, 7) is 5.54. The standard InChI is InChI=1S/C13H18F2N2O3/c1-13(2,3)16-7-9-4-5-10(17(18)19)11(6-9)20-8-12(14)15/h4-6,12,16H,7-8H2,1-3H3. The number of ether oxygens (including phenoxy) is 1. The highest BCUT2D eigenvalue weighted by molar-refractivity contribution is 5.48. The molecule has 0 saturated heterocycles. The van der Waals surface area contributed by atoms with Gasteiger partial charge in [-0.3, -0.25) is 10.1 Å². The maximum absolute atomic E-state index is 12.2. The number of nitro benzene ring substituents is 1. The zero-order valence-electron chi connectivity index (χ0n) is 11.7. The molecule has 0 heterocycles. The third-order valence-electron chi connectivity index (χ3n) is 2.41. The number of hydrogen-bond acceptors (Lipinski definition) is 4. The third-order valence-corrected chi connectivity index (χ3v) is 2.41. The molecule has 0 saturated carbocycles. The molecule has 0 atom stereocenters. The van der Waals surface area contributed by atoms with E-state index in [-0.39, 0.29) is 17.0 Å². The van der Waals surface area contributed by atoms with E-state index in [1.807, 2.05) is 20.8 Å². The average Bonchev–Trinajstić information content (AvgIpc) is 2.32. The molecule has 0 bridgehead atoms. The Hall–Kier alpha value is -1.76. The van der Waals surface area contributed by atoms with Crippen molar-refractivity contribution in [2.75, 3.05) is 6.61 Å². The van der Waals surface area contributed by atoms with Crippen molar-refractivity contribution in [2.24, 2.45) is 0 Å². The van der Waals surface area contributed by atoms with Crippen molar-refractivity contribution in [1.29, 1.82) is 0 Å². The molecule has 0 spiro atoms. The smallest absolute Gasteiger partial charge is 0.310 e. The second kappa shape index (κ2) is 6.60. The van der Waals surface area contributed by atoms with Gasteiger partial charge in [-0.15, -0.1) is 0 Å². The monoisotopic (exact) mass is 288 g/mol. The summed E-state index contributed by atoms with van der Waals surface area (Å²) in [6, 6.07) is 4.26. The van der Waals surface area contributed by atoms with Crippen molar-refractivity contribution in [3.8, 4) is 5.75 Å². The Morgan fingerprint density at radius 3 is 2.55 bits per heavy atom. The Bertz CT molecular complexity index is 473. The Morgan fingerprint density at radius 1 is 1.40 bits per heavy atom. The molecule has 1 rings (SSSR count). The Balaban J connectivity index is 2.89. The number of benzene rings is 1. The molecule has 0 unspecified atom stereocenters. The van der Waals surface area contributed by atoms with Gasteiger partial charge in [0.2, 0.25) is 0 Å². The molecule has 0 aliphatic rings. The first-order valence-corrected chi connectivity index (χ1v) is 6.12. The molecule has 112 valence electrons. The van der Waals surface area contributed by atoms with Gasteiger partial charge in [0.1, 0.15) is 6.61 Å². The van der Waals surface area contributed by atoms with Crippen molar-refractivity contribution in [1.82, 2.24) is 5.32 Å². The molecule has 0 aromatic heterocycles. The van der Waals surface area contributed by atoms with Crippen LogP contribution in [0.15, 0.2) is 18.2 Å². The van der Waals surface area contributed by atoms with Gasteiger partial charge in [-0.05, 0) is 32.4 Å². The number of nitro groups is 1. The molecule has 5 nitrogen and oxygen atoms in total. The maximum atomic E-state index is 12.2. The van der Waals surface area contributed by atoms with E-state index in [4.69, 9.17) is 4.74 Å². The highest BCUT2D eigenvalue weighted by Gasteiger charge is 2.18. The van der Waals surface area contributed by atoms with Crippen LogP contribution in [-0.2, 0) is 6.54 Å². The number of rotatable bonds is 6. The molecule has 7 heteroatoms. The van der Waals surface area contributed by atoms with Crippen molar-refractivity contribution in [3.63, 3.8) is 0 Å². The molecule has 1 aromatic carbocycles. The fourth-order valence-corrected chi connectivity index (χ4v) is 1.45. The first-order valence-electron chi connectivity index (χ1n) is 6.12. The van der Waals surface area contributed by atoms with Crippen LogP contribution in [0.1, 0.15) is 26.3 Å². The first kappa shape index (κ1) is 16.3. The Kier molecular flexibility index (Phi) is 5.38. The summed E-state index contributed by atoms with van der Waals surface area (Å²) in [5.41, 5.74) is 0.297. The van der Waals surface area contributed by atoms with Crippen LogP contribution < -0.4 is 10.1 Å². The van der Waals surface area contributed by atoms with E-state index in [1.54, 1.807) is 6.07 Å². The molecular weight excluding hydrogens is 270 g/mol. The van der Waals surface area contributed by atoms with Crippen LogP contribution in [0, 0.1) is 10.1 Å². The summed E-state index contributed by atoms with van der Waals surface area (Å²) >= 11 is 0. The van der Waals surface area contributed by atoms with E-state index in [9.17, 15) is 18.9 Å². The molecule has 1 N–H and O–H groups in total. The maximum Gasteiger partial charge on any atom is 0.310 e. The molecule has 0 aliphatic carbocycles. The Morgan fingerprint density at radius 2 is 2.05 bits per heavy atom. The summed E-state index contributed by atoms with van der Waals surface area (Å²) in [6.07, 6.45) is -2.68. The SMILES string of the molecule is CC(C)(C)NCc1ccc([N+](=O)[O-])c(OCC(F)F)c1. The van der Waals surface area contributed by atoms with Gasteiger partial charge in [0.25, 0.3) is 6.43 Å². The fourth-order valence-electron chi connectivity index (χ4n) is 1.45. The van der Waals surface area contributed by atoms with Gasteiger partial charge in [-0.1, -0.05) is 6.07 Å². The van der Waals surface area contributed by atoms with Crippen LogP contribution in [0.3, 0.4) is 0 Å². The van der Waals surface area contributed by atoms with E-state index in [0.29, 0.717) is 6.54 Å². The van der Waals surface area contributed by atoms with Crippen LogP contribution in [0.5, 0.6) is 5.75 Å². The van der Waals surface area contributed by atoms with Crippen molar-refractivity contribution in [2.45, 2.75) is 39.3 Å². The van der Waals surface area contributed by atoms with Gasteiger partial charge in [0.05, 0.1) is 4.92 Å². The molecule has 0 radical (unpaired) electrons. The van der Waals surface area contributed by atoms with Gasteiger partial charge in [0.15, 0.2) is 5.75 Å². The van der Waals surface area contributed by atoms with Crippen LogP contribution in [0.4, 0.5) is 14.5 Å². The van der Waals surface area contributed by atoms with Gasteiger partial charge < -0.3 is 10.1 Å². The molecule has 0 fully saturated rings. The molecule has 1 aromatic rings.